The van der Waals surface area contributed by atoms with Gasteiger partial charge in [-0.3, -0.25) is 0 Å². The van der Waals surface area contributed by atoms with Crippen LogP contribution in [0.4, 0.5) is 0 Å². The third-order valence-corrected chi connectivity index (χ3v) is 2.72. The largest absolute Gasteiger partial charge is 0.497 e. The lowest BCUT2D eigenvalue weighted by molar-refractivity contribution is 0.187. The fourth-order valence-electron chi connectivity index (χ4n) is 1.75. The summed E-state index contributed by atoms with van der Waals surface area (Å²) in [6.07, 6.45) is -0.831. The first kappa shape index (κ1) is 12.5. The lowest BCUT2D eigenvalue weighted by Gasteiger charge is -2.12. The number of aliphatic hydroxyl groups excluding tert-OH is 1. The summed E-state index contributed by atoms with van der Waals surface area (Å²) >= 11 is 0. The molecule has 0 bridgehead atoms. The molecule has 1 aromatic heterocycles. The molecule has 1 unspecified atom stereocenters. The number of hydrogen-bond acceptors (Lipinski definition) is 4. The molecule has 4 heteroatoms. The molecule has 0 aliphatic heterocycles. The highest BCUT2D eigenvalue weighted by Gasteiger charge is 2.16. The van der Waals surface area contributed by atoms with Crippen molar-refractivity contribution >= 4 is 0 Å². The molecule has 0 saturated heterocycles. The van der Waals surface area contributed by atoms with E-state index in [1.165, 1.54) is 0 Å². The molecule has 0 fully saturated rings. The molecule has 96 valence electrons. The van der Waals surface area contributed by atoms with E-state index in [4.69, 9.17) is 13.9 Å². The minimum atomic E-state index is -0.831. The highest BCUT2D eigenvalue weighted by atomic mass is 16.5. The van der Waals surface area contributed by atoms with Gasteiger partial charge in [0.05, 0.1) is 14.2 Å². The van der Waals surface area contributed by atoms with Crippen LogP contribution in [0.15, 0.2) is 34.7 Å². The maximum Gasteiger partial charge on any atom is 0.137 e. The van der Waals surface area contributed by atoms with E-state index in [0.717, 1.165) is 5.76 Å². The number of aliphatic hydroxyl groups is 1. The number of ether oxygens (including phenoxy) is 2. The second kappa shape index (κ2) is 5.14. The molecule has 0 aliphatic carbocycles. The number of methoxy groups -OCH3 is 2. The van der Waals surface area contributed by atoms with Crippen LogP contribution in [0.2, 0.25) is 0 Å². The zero-order chi connectivity index (χ0) is 13.1. The Kier molecular flexibility index (Phi) is 3.58. The molecule has 4 nitrogen and oxygen atoms in total. The van der Waals surface area contributed by atoms with Crippen LogP contribution in [-0.4, -0.2) is 19.3 Å². The summed E-state index contributed by atoms with van der Waals surface area (Å²) in [6.45, 7) is 1.84. The van der Waals surface area contributed by atoms with E-state index in [1.54, 1.807) is 38.5 Å². The summed E-state index contributed by atoms with van der Waals surface area (Å²) in [7, 11) is 3.14. The summed E-state index contributed by atoms with van der Waals surface area (Å²) in [5.41, 5.74) is 0.667. The van der Waals surface area contributed by atoms with Crippen molar-refractivity contribution in [1.29, 1.82) is 0 Å². The number of rotatable bonds is 4. The number of benzene rings is 1. The molecule has 0 saturated carbocycles. The Balaban J connectivity index is 2.37. The van der Waals surface area contributed by atoms with Gasteiger partial charge in [-0.25, -0.2) is 0 Å². The average molecular weight is 248 g/mol. The van der Waals surface area contributed by atoms with Crippen molar-refractivity contribution in [3.05, 3.63) is 47.4 Å². The van der Waals surface area contributed by atoms with Crippen LogP contribution >= 0.6 is 0 Å². The first-order valence-electron chi connectivity index (χ1n) is 5.61. The molecule has 2 rings (SSSR count). The summed E-state index contributed by atoms with van der Waals surface area (Å²) < 4.78 is 15.7. The van der Waals surface area contributed by atoms with Crippen LogP contribution in [0.5, 0.6) is 11.5 Å². The third-order valence-electron chi connectivity index (χ3n) is 2.72. The van der Waals surface area contributed by atoms with Gasteiger partial charge in [-0.15, -0.1) is 0 Å². The van der Waals surface area contributed by atoms with Crippen LogP contribution in [0.1, 0.15) is 23.2 Å². The quantitative estimate of drug-likeness (QED) is 0.903. The Morgan fingerprint density at radius 3 is 2.11 bits per heavy atom. The Hall–Kier alpha value is -1.94. The zero-order valence-electron chi connectivity index (χ0n) is 10.6. The Morgan fingerprint density at radius 2 is 1.67 bits per heavy atom. The van der Waals surface area contributed by atoms with Crippen molar-refractivity contribution in [3.8, 4) is 11.5 Å². The number of aryl methyl sites for hydroxylation is 1. The molecule has 18 heavy (non-hydrogen) atoms. The van der Waals surface area contributed by atoms with Crippen molar-refractivity contribution in [2.24, 2.45) is 0 Å². The fraction of sp³-hybridized carbons (Fsp3) is 0.286. The van der Waals surface area contributed by atoms with E-state index in [-0.39, 0.29) is 0 Å². The van der Waals surface area contributed by atoms with Crippen LogP contribution in [0, 0.1) is 6.92 Å². The molecule has 2 aromatic rings. The molecule has 0 amide bonds. The van der Waals surface area contributed by atoms with Gasteiger partial charge in [-0.2, -0.15) is 0 Å². The van der Waals surface area contributed by atoms with Crippen LogP contribution < -0.4 is 9.47 Å². The molecule has 0 aliphatic rings. The molecule has 1 atom stereocenters. The Morgan fingerprint density at radius 1 is 1.06 bits per heavy atom. The Labute approximate surface area is 106 Å². The van der Waals surface area contributed by atoms with E-state index >= 15 is 0 Å². The normalized spacial score (nSPS) is 12.2. The molecule has 1 N–H and O–H groups in total. The van der Waals surface area contributed by atoms with E-state index < -0.39 is 6.10 Å². The summed E-state index contributed by atoms with van der Waals surface area (Å²) in [5, 5.41) is 10.2. The van der Waals surface area contributed by atoms with Gasteiger partial charge in [0.2, 0.25) is 0 Å². The maximum absolute atomic E-state index is 10.2. The second-order valence-electron chi connectivity index (χ2n) is 4.00. The van der Waals surface area contributed by atoms with E-state index in [1.807, 2.05) is 13.0 Å². The SMILES string of the molecule is COc1cc(OC)cc(C(O)c2ccc(C)o2)c1. The van der Waals surface area contributed by atoms with Gasteiger partial charge in [0.1, 0.15) is 29.1 Å². The molecule has 0 spiro atoms. The van der Waals surface area contributed by atoms with Crippen molar-refractivity contribution in [2.45, 2.75) is 13.0 Å². The average Bonchev–Trinajstić information content (AvgIpc) is 2.83. The number of furan rings is 1. The van der Waals surface area contributed by atoms with Gasteiger partial charge in [-0.05, 0) is 36.8 Å². The molecule has 1 heterocycles. The monoisotopic (exact) mass is 248 g/mol. The number of hydrogen-bond donors (Lipinski definition) is 1. The van der Waals surface area contributed by atoms with Crippen LogP contribution in [0.3, 0.4) is 0 Å². The van der Waals surface area contributed by atoms with Crippen LogP contribution in [-0.2, 0) is 0 Å². The van der Waals surface area contributed by atoms with E-state index in [0.29, 0.717) is 22.8 Å². The zero-order valence-corrected chi connectivity index (χ0v) is 10.6. The highest BCUT2D eigenvalue weighted by Crippen LogP contribution is 2.30. The van der Waals surface area contributed by atoms with E-state index in [2.05, 4.69) is 0 Å². The molecular weight excluding hydrogens is 232 g/mol. The summed E-state index contributed by atoms with van der Waals surface area (Å²) in [6, 6.07) is 8.83. The smallest absolute Gasteiger partial charge is 0.137 e. The molecular formula is C14H16O4. The summed E-state index contributed by atoms with van der Waals surface area (Å²) in [4.78, 5) is 0. The van der Waals surface area contributed by atoms with Crippen molar-refractivity contribution in [1.82, 2.24) is 0 Å². The second-order valence-corrected chi connectivity index (χ2v) is 4.00. The van der Waals surface area contributed by atoms with Crippen LogP contribution in [0.25, 0.3) is 0 Å². The van der Waals surface area contributed by atoms with Crippen molar-refractivity contribution < 1.29 is 19.0 Å². The standard InChI is InChI=1S/C14H16O4/c1-9-4-5-13(18-9)14(15)10-6-11(16-2)8-12(7-10)17-3/h4-8,14-15H,1-3H3. The maximum atomic E-state index is 10.2. The van der Waals surface area contributed by atoms with Gasteiger partial charge in [0, 0.05) is 6.07 Å². The lowest BCUT2D eigenvalue weighted by Crippen LogP contribution is -1.99. The minimum absolute atomic E-state index is 0.503. The Bertz CT molecular complexity index is 508. The topological polar surface area (TPSA) is 51.8 Å². The summed E-state index contributed by atoms with van der Waals surface area (Å²) in [5.74, 6) is 2.53. The highest BCUT2D eigenvalue weighted by molar-refractivity contribution is 5.41. The van der Waals surface area contributed by atoms with Gasteiger partial charge in [-0.1, -0.05) is 0 Å². The predicted octanol–water partition coefficient (Wildman–Crippen LogP) is 2.69. The minimum Gasteiger partial charge on any atom is -0.497 e. The van der Waals surface area contributed by atoms with Gasteiger partial charge in [0.25, 0.3) is 0 Å². The van der Waals surface area contributed by atoms with Gasteiger partial charge in [0.15, 0.2) is 0 Å². The van der Waals surface area contributed by atoms with Gasteiger partial charge < -0.3 is 19.0 Å². The first-order chi connectivity index (χ1) is 8.63. The lowest BCUT2D eigenvalue weighted by atomic mass is 10.1. The van der Waals surface area contributed by atoms with Gasteiger partial charge >= 0.3 is 0 Å². The molecule has 1 aromatic carbocycles. The molecule has 0 radical (unpaired) electrons. The first-order valence-corrected chi connectivity index (χ1v) is 5.61. The van der Waals surface area contributed by atoms with E-state index in [9.17, 15) is 5.11 Å². The fourth-order valence-corrected chi connectivity index (χ4v) is 1.75. The predicted molar refractivity (Wildman–Crippen MR) is 67.1 cm³/mol. The van der Waals surface area contributed by atoms with Crippen molar-refractivity contribution in [2.75, 3.05) is 14.2 Å². The van der Waals surface area contributed by atoms with Crippen molar-refractivity contribution in [3.63, 3.8) is 0 Å². The third kappa shape index (κ3) is 2.49.